The summed E-state index contributed by atoms with van der Waals surface area (Å²) < 4.78 is 40.2. The predicted octanol–water partition coefficient (Wildman–Crippen LogP) is 2.29. The first-order valence-corrected chi connectivity index (χ1v) is 8.79. The minimum Gasteiger partial charge on any atom is -0.484 e. The van der Waals surface area contributed by atoms with E-state index >= 15 is 0 Å². The van der Waals surface area contributed by atoms with Crippen molar-refractivity contribution in [3.63, 3.8) is 0 Å². The first-order valence-electron chi connectivity index (χ1n) is 6.70. The standard InChI is InChI=1S/C15H14ClFN2O4S/c16-13-7-12(5-6-14(13)17)23-8-15(20)19-11-3-1-10(2-4-11)9-24(18,21)22/h1-7H,8-9H2,(H,19,20)(H2,18,21,22). The number of nitrogens with two attached hydrogens (primary N) is 1. The predicted molar refractivity (Wildman–Crippen MR) is 88.8 cm³/mol. The number of carbonyl (C=O) groups excluding carboxylic acids is 1. The van der Waals surface area contributed by atoms with Crippen molar-refractivity contribution in [1.82, 2.24) is 0 Å². The average Bonchev–Trinajstić information content (AvgIpc) is 2.49. The molecule has 0 radical (unpaired) electrons. The fourth-order valence-corrected chi connectivity index (χ4v) is 2.66. The normalized spacial score (nSPS) is 11.1. The number of rotatable bonds is 6. The number of ether oxygens (including phenoxy) is 1. The van der Waals surface area contributed by atoms with E-state index in [0.717, 1.165) is 6.07 Å². The van der Waals surface area contributed by atoms with Gasteiger partial charge in [0, 0.05) is 11.8 Å². The summed E-state index contributed by atoms with van der Waals surface area (Å²) in [5, 5.41) is 7.43. The Bertz CT molecular complexity index is 841. The van der Waals surface area contributed by atoms with Crippen LogP contribution >= 0.6 is 11.6 Å². The van der Waals surface area contributed by atoms with E-state index in [1.165, 1.54) is 12.1 Å². The van der Waals surface area contributed by atoms with Gasteiger partial charge in [0.05, 0.1) is 10.8 Å². The number of anilines is 1. The lowest BCUT2D eigenvalue weighted by Crippen LogP contribution is -2.20. The number of hydrogen-bond donors (Lipinski definition) is 2. The molecule has 0 saturated carbocycles. The minimum atomic E-state index is -3.60. The van der Waals surface area contributed by atoms with Crippen LogP contribution in [-0.4, -0.2) is 20.9 Å². The Morgan fingerprint density at radius 2 is 1.88 bits per heavy atom. The van der Waals surface area contributed by atoms with Crippen LogP contribution < -0.4 is 15.2 Å². The zero-order valence-electron chi connectivity index (χ0n) is 12.3. The van der Waals surface area contributed by atoms with Crippen molar-refractivity contribution in [3.05, 3.63) is 58.9 Å². The Labute approximate surface area is 143 Å². The number of sulfonamides is 1. The van der Waals surface area contributed by atoms with Crippen molar-refractivity contribution in [2.45, 2.75) is 5.75 Å². The van der Waals surface area contributed by atoms with Crippen LogP contribution in [0.2, 0.25) is 5.02 Å². The topological polar surface area (TPSA) is 98.5 Å². The van der Waals surface area contributed by atoms with Crippen LogP contribution in [0.3, 0.4) is 0 Å². The molecule has 0 aliphatic carbocycles. The molecular weight excluding hydrogens is 359 g/mol. The van der Waals surface area contributed by atoms with E-state index < -0.39 is 21.7 Å². The summed E-state index contributed by atoms with van der Waals surface area (Å²) in [6.07, 6.45) is 0. The van der Waals surface area contributed by atoms with Crippen molar-refractivity contribution >= 4 is 33.2 Å². The lowest BCUT2D eigenvalue weighted by atomic mass is 10.2. The first-order chi connectivity index (χ1) is 11.2. The number of primary sulfonamides is 1. The van der Waals surface area contributed by atoms with E-state index in [2.05, 4.69) is 5.32 Å². The number of amides is 1. The molecule has 128 valence electrons. The van der Waals surface area contributed by atoms with E-state index in [-0.39, 0.29) is 23.1 Å². The second-order valence-corrected chi connectivity index (χ2v) is 6.94. The lowest BCUT2D eigenvalue weighted by molar-refractivity contribution is -0.118. The molecule has 0 aromatic heterocycles. The highest BCUT2D eigenvalue weighted by Crippen LogP contribution is 2.21. The average molecular weight is 373 g/mol. The number of halogens is 2. The summed E-state index contributed by atoms with van der Waals surface area (Å²) in [6, 6.07) is 9.95. The summed E-state index contributed by atoms with van der Waals surface area (Å²) in [5.41, 5.74) is 0.978. The van der Waals surface area contributed by atoms with Gasteiger partial charge in [0.25, 0.3) is 5.91 Å². The van der Waals surface area contributed by atoms with E-state index in [9.17, 15) is 17.6 Å². The molecule has 3 N–H and O–H groups in total. The van der Waals surface area contributed by atoms with Crippen LogP contribution in [0.1, 0.15) is 5.56 Å². The van der Waals surface area contributed by atoms with Crippen LogP contribution in [0, 0.1) is 5.82 Å². The zero-order chi connectivity index (χ0) is 17.7. The summed E-state index contributed by atoms with van der Waals surface area (Å²) >= 11 is 5.61. The highest BCUT2D eigenvalue weighted by atomic mass is 35.5. The smallest absolute Gasteiger partial charge is 0.262 e. The van der Waals surface area contributed by atoms with Crippen LogP contribution in [0.4, 0.5) is 10.1 Å². The first kappa shape index (κ1) is 18.2. The summed E-state index contributed by atoms with van der Waals surface area (Å²) in [6.45, 7) is -0.291. The van der Waals surface area contributed by atoms with E-state index in [0.29, 0.717) is 11.3 Å². The highest BCUT2D eigenvalue weighted by Gasteiger charge is 2.08. The third-order valence-corrected chi connectivity index (χ3v) is 3.89. The van der Waals surface area contributed by atoms with Gasteiger partial charge in [-0.05, 0) is 29.8 Å². The molecular formula is C15H14ClFN2O4S. The molecule has 2 rings (SSSR count). The Balaban J connectivity index is 1.89. The Kier molecular flexibility index (Phi) is 5.76. The largest absolute Gasteiger partial charge is 0.484 e. The van der Waals surface area contributed by atoms with Gasteiger partial charge in [-0.25, -0.2) is 17.9 Å². The number of hydrogen-bond acceptors (Lipinski definition) is 4. The molecule has 1 amide bonds. The molecule has 0 bridgehead atoms. The Morgan fingerprint density at radius 3 is 2.46 bits per heavy atom. The van der Waals surface area contributed by atoms with Gasteiger partial charge >= 0.3 is 0 Å². The molecule has 9 heteroatoms. The number of nitrogens with one attached hydrogen (secondary N) is 1. The fraction of sp³-hybridized carbons (Fsp3) is 0.133. The molecule has 0 fully saturated rings. The quantitative estimate of drug-likeness (QED) is 0.812. The third kappa shape index (κ3) is 5.80. The van der Waals surface area contributed by atoms with Crippen LogP contribution in [0.15, 0.2) is 42.5 Å². The van der Waals surface area contributed by atoms with Crippen molar-refractivity contribution in [2.75, 3.05) is 11.9 Å². The summed E-state index contributed by atoms with van der Waals surface area (Å²) in [5.74, 6) is -1.03. The van der Waals surface area contributed by atoms with E-state index in [4.69, 9.17) is 21.5 Å². The van der Waals surface area contributed by atoms with Crippen LogP contribution in [0.5, 0.6) is 5.75 Å². The van der Waals surface area contributed by atoms with Gasteiger partial charge in [0.1, 0.15) is 11.6 Å². The maximum Gasteiger partial charge on any atom is 0.262 e. The van der Waals surface area contributed by atoms with Gasteiger partial charge in [0.15, 0.2) is 6.61 Å². The second kappa shape index (κ2) is 7.61. The molecule has 2 aromatic carbocycles. The molecule has 0 aliphatic heterocycles. The SMILES string of the molecule is NS(=O)(=O)Cc1ccc(NC(=O)COc2ccc(F)c(Cl)c2)cc1. The van der Waals surface area contributed by atoms with Crippen molar-refractivity contribution in [1.29, 1.82) is 0 Å². The van der Waals surface area contributed by atoms with Gasteiger partial charge in [0.2, 0.25) is 10.0 Å². The van der Waals surface area contributed by atoms with Gasteiger partial charge in [-0.1, -0.05) is 23.7 Å². The van der Waals surface area contributed by atoms with Crippen molar-refractivity contribution in [2.24, 2.45) is 5.14 Å². The van der Waals surface area contributed by atoms with Crippen molar-refractivity contribution < 1.29 is 22.3 Å². The van der Waals surface area contributed by atoms with E-state index in [1.807, 2.05) is 0 Å². The lowest BCUT2D eigenvalue weighted by Gasteiger charge is -2.08. The highest BCUT2D eigenvalue weighted by molar-refractivity contribution is 7.88. The van der Waals surface area contributed by atoms with E-state index in [1.54, 1.807) is 24.3 Å². The zero-order valence-corrected chi connectivity index (χ0v) is 13.9. The van der Waals surface area contributed by atoms with Gasteiger partial charge in [-0.15, -0.1) is 0 Å². The second-order valence-electron chi connectivity index (χ2n) is 4.92. The molecule has 0 spiro atoms. The molecule has 2 aromatic rings. The van der Waals surface area contributed by atoms with Gasteiger partial charge in [-0.3, -0.25) is 4.79 Å². The van der Waals surface area contributed by atoms with Crippen molar-refractivity contribution in [3.8, 4) is 5.75 Å². The molecule has 0 atom stereocenters. The Morgan fingerprint density at radius 1 is 1.21 bits per heavy atom. The number of benzene rings is 2. The fourth-order valence-electron chi connectivity index (χ4n) is 1.83. The summed E-state index contributed by atoms with van der Waals surface area (Å²) in [7, 11) is -3.60. The van der Waals surface area contributed by atoms with Crippen LogP contribution in [0.25, 0.3) is 0 Å². The van der Waals surface area contributed by atoms with Crippen LogP contribution in [-0.2, 0) is 20.6 Å². The third-order valence-electron chi connectivity index (χ3n) is 2.87. The molecule has 24 heavy (non-hydrogen) atoms. The molecule has 0 unspecified atom stereocenters. The minimum absolute atomic E-state index is 0.0987. The molecule has 0 heterocycles. The van der Waals surface area contributed by atoms with Gasteiger partial charge < -0.3 is 10.1 Å². The number of carbonyl (C=O) groups is 1. The molecule has 0 saturated heterocycles. The maximum absolute atomic E-state index is 13.0. The summed E-state index contributed by atoms with van der Waals surface area (Å²) in [4.78, 5) is 11.8. The molecule has 6 nitrogen and oxygen atoms in total. The Hall–Kier alpha value is -2.16. The monoisotopic (exact) mass is 372 g/mol. The van der Waals surface area contributed by atoms with Gasteiger partial charge in [-0.2, -0.15) is 0 Å². The maximum atomic E-state index is 13.0. The molecule has 0 aliphatic rings.